The topological polar surface area (TPSA) is 126 Å². The van der Waals surface area contributed by atoms with Crippen LogP contribution < -0.4 is 10.6 Å². The Morgan fingerprint density at radius 2 is 1.78 bits per heavy atom. The first kappa shape index (κ1) is 26.6. The number of hydrogen-bond acceptors (Lipinski definition) is 5. The van der Waals surface area contributed by atoms with E-state index >= 15 is 0 Å². The van der Waals surface area contributed by atoms with E-state index in [-0.39, 0.29) is 11.8 Å². The lowest BCUT2D eigenvalue weighted by molar-refractivity contribution is -0.131. The molecule has 0 atom stereocenters. The summed E-state index contributed by atoms with van der Waals surface area (Å²) in [6.45, 7) is 0. The lowest BCUT2D eigenvalue weighted by atomic mass is 9.75. The first-order valence-electron chi connectivity index (χ1n) is 14.1. The molecule has 2 aromatic heterocycles. The van der Waals surface area contributed by atoms with Crippen molar-refractivity contribution in [1.82, 2.24) is 14.9 Å². The summed E-state index contributed by atoms with van der Waals surface area (Å²) in [6, 6.07) is 14.7. The number of carboxylic acid groups (broad SMARTS) is 1. The maximum Gasteiger partial charge on any atom is 0.328 e. The van der Waals surface area contributed by atoms with E-state index in [4.69, 9.17) is 14.5 Å². The van der Waals surface area contributed by atoms with Crippen molar-refractivity contribution in [2.45, 2.75) is 62.9 Å². The largest absolute Gasteiger partial charge is 0.478 e. The molecular formula is C32H32N4O5. The van der Waals surface area contributed by atoms with Gasteiger partial charge in [0.1, 0.15) is 17.6 Å². The van der Waals surface area contributed by atoms with E-state index < -0.39 is 11.5 Å². The van der Waals surface area contributed by atoms with Crippen molar-refractivity contribution in [2.24, 2.45) is 0 Å². The van der Waals surface area contributed by atoms with E-state index in [1.165, 1.54) is 25.3 Å². The van der Waals surface area contributed by atoms with Crippen LogP contribution >= 0.6 is 0 Å². The third-order valence-corrected chi connectivity index (χ3v) is 8.25. The molecule has 9 heteroatoms. The van der Waals surface area contributed by atoms with Gasteiger partial charge in [-0.3, -0.25) is 9.59 Å². The summed E-state index contributed by atoms with van der Waals surface area (Å²) in [7, 11) is 0. The summed E-state index contributed by atoms with van der Waals surface area (Å²) >= 11 is 0. The van der Waals surface area contributed by atoms with Gasteiger partial charge in [0.25, 0.3) is 5.91 Å². The lowest BCUT2D eigenvalue weighted by Crippen LogP contribution is -2.61. The highest BCUT2D eigenvalue weighted by Crippen LogP contribution is 2.37. The Labute approximate surface area is 237 Å². The van der Waals surface area contributed by atoms with Crippen molar-refractivity contribution in [3.05, 3.63) is 78.3 Å². The van der Waals surface area contributed by atoms with E-state index in [0.717, 1.165) is 47.8 Å². The number of imidazole rings is 1. The number of amides is 2. The minimum Gasteiger partial charge on any atom is -0.478 e. The average molecular weight is 553 g/mol. The number of hydrogen-bond donors (Lipinski definition) is 3. The molecule has 0 radical (unpaired) electrons. The van der Waals surface area contributed by atoms with Gasteiger partial charge in [0.15, 0.2) is 0 Å². The molecule has 6 rings (SSSR count). The number of nitrogens with one attached hydrogen (secondary N) is 2. The summed E-state index contributed by atoms with van der Waals surface area (Å²) in [5, 5.41) is 14.7. The molecular weight excluding hydrogens is 520 g/mol. The van der Waals surface area contributed by atoms with Crippen LogP contribution in [-0.4, -0.2) is 38.0 Å². The standard InChI is InChI=1S/C32H32N4O5/c37-28(38)14-9-21-7-11-24(12-8-21)33-31(40)32(16-4-17-32)35-30(39)22-10-13-27-26(19-22)34-29(23-15-18-41-20-23)36(27)25-5-2-1-3-6-25/h7-15,18-20,25H,1-6,16-17H2,(H,33,40)(H,35,39)(H,37,38)/b14-9+. The summed E-state index contributed by atoms with van der Waals surface area (Å²) in [6.07, 6.45) is 13.6. The van der Waals surface area contributed by atoms with Crippen LogP contribution in [0.3, 0.4) is 0 Å². The average Bonchev–Trinajstić information content (AvgIpc) is 3.62. The van der Waals surface area contributed by atoms with Gasteiger partial charge in [0.05, 0.1) is 22.9 Å². The Hall–Kier alpha value is -4.66. The molecule has 2 aliphatic rings. The quantitative estimate of drug-likeness (QED) is 0.224. The third-order valence-electron chi connectivity index (χ3n) is 8.25. The molecule has 0 aliphatic heterocycles. The van der Waals surface area contributed by atoms with Gasteiger partial charge in [-0.25, -0.2) is 9.78 Å². The second-order valence-electron chi connectivity index (χ2n) is 11.0. The SMILES string of the molecule is O=C(O)/C=C/c1ccc(NC(=O)C2(NC(=O)c3ccc4c(c3)nc(-c3ccoc3)n4C3CCCCC3)CCC2)cc1. The van der Waals surface area contributed by atoms with Crippen LogP contribution in [-0.2, 0) is 9.59 Å². The molecule has 4 aromatic rings. The predicted molar refractivity (Wildman–Crippen MR) is 155 cm³/mol. The summed E-state index contributed by atoms with van der Waals surface area (Å²) in [5.74, 6) is -0.763. The van der Waals surface area contributed by atoms with Crippen LogP contribution in [0.15, 0.2) is 71.6 Å². The first-order chi connectivity index (χ1) is 19.9. The molecule has 9 nitrogen and oxygen atoms in total. The number of carboxylic acids is 1. The number of aliphatic carboxylic acids is 1. The van der Waals surface area contributed by atoms with Gasteiger partial charge in [-0.15, -0.1) is 0 Å². The zero-order chi connectivity index (χ0) is 28.4. The molecule has 3 N–H and O–H groups in total. The Kier molecular flexibility index (Phi) is 7.17. The van der Waals surface area contributed by atoms with Crippen molar-refractivity contribution in [1.29, 1.82) is 0 Å². The molecule has 2 aromatic carbocycles. The molecule has 2 fully saturated rings. The summed E-state index contributed by atoms with van der Waals surface area (Å²) < 4.78 is 7.65. The normalized spacial score (nSPS) is 16.9. The van der Waals surface area contributed by atoms with Crippen LogP contribution in [0.25, 0.3) is 28.5 Å². The number of nitrogens with zero attached hydrogens (tertiary/aromatic N) is 2. The second-order valence-corrected chi connectivity index (χ2v) is 11.0. The molecule has 2 heterocycles. The molecule has 210 valence electrons. The smallest absolute Gasteiger partial charge is 0.328 e. The maximum atomic E-state index is 13.5. The number of fused-ring (bicyclic) bond motifs is 1. The molecule has 2 amide bonds. The van der Waals surface area contributed by atoms with Crippen molar-refractivity contribution in [3.63, 3.8) is 0 Å². The van der Waals surface area contributed by atoms with Gasteiger partial charge in [-0.2, -0.15) is 0 Å². The van der Waals surface area contributed by atoms with E-state index in [9.17, 15) is 14.4 Å². The lowest BCUT2D eigenvalue weighted by Gasteiger charge is -2.40. The zero-order valence-electron chi connectivity index (χ0n) is 22.6. The Balaban J connectivity index is 1.21. The number of carbonyl (C=O) groups excluding carboxylic acids is 2. The Morgan fingerprint density at radius 1 is 1.00 bits per heavy atom. The summed E-state index contributed by atoms with van der Waals surface area (Å²) in [4.78, 5) is 42.4. The highest BCUT2D eigenvalue weighted by Gasteiger charge is 2.45. The van der Waals surface area contributed by atoms with Crippen LogP contribution in [0, 0.1) is 0 Å². The van der Waals surface area contributed by atoms with E-state index in [1.54, 1.807) is 42.9 Å². The molecule has 0 spiro atoms. The van der Waals surface area contributed by atoms with Crippen molar-refractivity contribution in [3.8, 4) is 11.4 Å². The van der Waals surface area contributed by atoms with Crippen molar-refractivity contribution in [2.75, 3.05) is 5.32 Å². The molecule has 2 saturated carbocycles. The molecule has 0 bridgehead atoms. The Morgan fingerprint density at radius 3 is 2.44 bits per heavy atom. The minimum atomic E-state index is -1.03. The molecule has 2 aliphatic carbocycles. The van der Waals surface area contributed by atoms with Gasteiger partial charge in [-0.05, 0) is 80.1 Å². The molecule has 0 unspecified atom stereocenters. The number of aromatic nitrogens is 2. The second kappa shape index (κ2) is 11.1. The third kappa shape index (κ3) is 5.39. The number of anilines is 1. The van der Waals surface area contributed by atoms with Crippen molar-refractivity contribution < 1.29 is 23.9 Å². The number of carbonyl (C=O) groups is 3. The zero-order valence-corrected chi connectivity index (χ0v) is 22.6. The van der Waals surface area contributed by atoms with Crippen molar-refractivity contribution >= 4 is 40.6 Å². The Bertz CT molecular complexity index is 1610. The highest BCUT2D eigenvalue weighted by molar-refractivity contribution is 6.05. The van der Waals surface area contributed by atoms with Gasteiger partial charge in [0, 0.05) is 23.4 Å². The molecule has 41 heavy (non-hydrogen) atoms. The predicted octanol–water partition coefficient (Wildman–Crippen LogP) is 6.19. The van der Waals surface area contributed by atoms with Gasteiger partial charge < -0.3 is 24.7 Å². The van der Waals surface area contributed by atoms with Gasteiger partial charge in [0.2, 0.25) is 5.91 Å². The fourth-order valence-electron chi connectivity index (χ4n) is 5.87. The fourth-order valence-corrected chi connectivity index (χ4v) is 5.87. The number of furan rings is 1. The van der Waals surface area contributed by atoms with Crippen LogP contribution in [0.5, 0.6) is 0 Å². The van der Waals surface area contributed by atoms with E-state index in [1.807, 2.05) is 18.2 Å². The number of benzene rings is 2. The summed E-state index contributed by atoms with van der Waals surface area (Å²) in [5.41, 5.74) is 3.38. The minimum absolute atomic E-state index is 0.268. The fraction of sp³-hybridized carbons (Fsp3) is 0.312. The van der Waals surface area contributed by atoms with Gasteiger partial charge >= 0.3 is 5.97 Å². The van der Waals surface area contributed by atoms with E-state index in [2.05, 4.69) is 15.2 Å². The van der Waals surface area contributed by atoms with Gasteiger partial charge in [-0.1, -0.05) is 31.4 Å². The molecule has 0 saturated heterocycles. The highest BCUT2D eigenvalue weighted by atomic mass is 16.4. The van der Waals surface area contributed by atoms with Crippen LogP contribution in [0.1, 0.15) is 73.3 Å². The van der Waals surface area contributed by atoms with Crippen LogP contribution in [0.2, 0.25) is 0 Å². The maximum absolute atomic E-state index is 13.5. The van der Waals surface area contributed by atoms with E-state index in [0.29, 0.717) is 35.7 Å². The number of rotatable bonds is 8. The van der Waals surface area contributed by atoms with Crippen LogP contribution in [0.4, 0.5) is 5.69 Å². The monoisotopic (exact) mass is 552 g/mol. The first-order valence-corrected chi connectivity index (χ1v) is 14.1.